The summed E-state index contributed by atoms with van der Waals surface area (Å²) >= 11 is 0. The van der Waals surface area contributed by atoms with E-state index in [0.717, 1.165) is 106 Å². The average molecular weight is 971 g/mol. The van der Waals surface area contributed by atoms with E-state index in [9.17, 15) is 0 Å². The number of carbonyl (C=O) groups is 2. The second kappa shape index (κ2) is 23.7. The van der Waals surface area contributed by atoms with Gasteiger partial charge in [-0.3, -0.25) is 9.59 Å². The maximum atomic E-state index is 15.5. The molecule has 12 nitrogen and oxygen atoms in total. The SMILES string of the molecule is CCOc1cc2c(OCC)cc1CC1=C(NC3CCC3)C(=O)C(=C(NC3CCC3)C1=O)Cc1cc(OCC)c(cc1OCC)Cc1cc(OCC)c(cc1OCC)Cc1cc(OCC)c(cc1OCC)C2. The molecule has 0 unspecified atom stereocenters. The predicted molar refractivity (Wildman–Crippen MR) is 277 cm³/mol. The van der Waals surface area contributed by atoms with E-state index >= 15 is 9.59 Å². The van der Waals surface area contributed by atoms with Crippen molar-refractivity contribution in [1.29, 1.82) is 0 Å². The second-order valence-corrected chi connectivity index (χ2v) is 18.5. The number of hydrogen-bond acceptors (Lipinski definition) is 12. The Kier molecular flexibility index (Phi) is 17.1. The number of carbonyl (C=O) groups excluding carboxylic acids is 2. The number of nitrogens with one attached hydrogen (secondary N) is 2. The Morgan fingerprint density at radius 3 is 0.704 bits per heavy atom. The number of Topliss-reactive ketones (excluding diaryl/α,β-unsaturated/α-hetero) is 2. The molecule has 0 radical (unpaired) electrons. The Bertz CT molecular complexity index is 2460. The van der Waals surface area contributed by atoms with Crippen molar-refractivity contribution in [1.82, 2.24) is 10.6 Å². The summed E-state index contributed by atoms with van der Waals surface area (Å²) in [5.74, 6) is 5.13. The highest BCUT2D eigenvalue weighted by atomic mass is 16.5. The maximum Gasteiger partial charge on any atom is 0.207 e. The lowest BCUT2D eigenvalue weighted by atomic mass is 9.82. The molecule has 17 rings (SSSR count). The summed E-state index contributed by atoms with van der Waals surface area (Å²) in [6.07, 6.45) is 7.48. The molecular weight excluding hydrogens is 897 g/mol. The molecule has 2 saturated carbocycles. The molecule has 2 fully saturated rings. The highest BCUT2D eigenvalue weighted by Crippen LogP contribution is 2.43. The number of rotatable bonds is 20. The zero-order chi connectivity index (χ0) is 50.0. The number of ether oxygens (including phenoxy) is 8. The highest BCUT2D eigenvalue weighted by molar-refractivity contribution is 6.25. The molecule has 2 N–H and O–H groups in total. The quantitative estimate of drug-likeness (QED) is 0.0817. The third kappa shape index (κ3) is 11.4. The van der Waals surface area contributed by atoms with Crippen LogP contribution in [0.5, 0.6) is 46.0 Å². The Hall–Kier alpha value is -6.30. The van der Waals surface area contributed by atoms with Gasteiger partial charge in [-0.15, -0.1) is 0 Å². The maximum absolute atomic E-state index is 15.5. The fraction of sp³-hybridized carbons (Fsp3) is 0.492. The van der Waals surface area contributed by atoms with Crippen LogP contribution in [0.3, 0.4) is 0 Å². The number of ketones is 2. The van der Waals surface area contributed by atoms with Crippen LogP contribution in [0, 0.1) is 0 Å². The van der Waals surface area contributed by atoms with Crippen molar-refractivity contribution >= 4 is 11.6 Å². The standard InChI is InChI=1S/C59H74N2O10/c1-9-64-48-30-38-24-40-32-54(70-15-7)42(34-52(40)68-13-5)26-46-56(60-44-19-17-20-44)59(63)47(57(58(46)62)61-45-21-18-22-45)27-43-35-53(69-14-6)41(33-55(43)71-16-8)25-39-31-49(65-10-2)37(29-51(39)67-12-4)23-36(48)28-50(38)66-11-3/h28-35,44-45,60-61H,9-27H2,1-8H3. The van der Waals surface area contributed by atoms with Gasteiger partial charge in [-0.25, -0.2) is 0 Å². The van der Waals surface area contributed by atoms with E-state index in [4.69, 9.17) is 37.9 Å². The van der Waals surface area contributed by atoms with Crippen LogP contribution in [0.4, 0.5) is 0 Å². The van der Waals surface area contributed by atoms with Gasteiger partial charge >= 0.3 is 0 Å². The zero-order valence-corrected chi connectivity index (χ0v) is 43.3. The first kappa shape index (κ1) is 51.1. The van der Waals surface area contributed by atoms with Gasteiger partial charge in [0.25, 0.3) is 0 Å². The summed E-state index contributed by atoms with van der Waals surface area (Å²) < 4.78 is 51.6. The minimum atomic E-state index is -0.190. The van der Waals surface area contributed by atoms with E-state index in [2.05, 4.69) is 34.9 Å². The van der Waals surface area contributed by atoms with Crippen LogP contribution in [0.15, 0.2) is 71.1 Å². The predicted octanol–water partition coefficient (Wildman–Crippen LogP) is 10.7. The molecule has 13 aliphatic rings. The minimum Gasteiger partial charge on any atom is -0.494 e. The largest absolute Gasteiger partial charge is 0.494 e. The highest BCUT2D eigenvalue weighted by Gasteiger charge is 2.39. The molecule has 12 heteroatoms. The molecule has 0 atom stereocenters. The molecule has 13 aliphatic carbocycles. The molecule has 0 heterocycles. The van der Waals surface area contributed by atoms with Gasteiger partial charge in [0.1, 0.15) is 46.0 Å². The first-order valence-electron chi connectivity index (χ1n) is 26.4. The van der Waals surface area contributed by atoms with Crippen molar-refractivity contribution in [3.05, 3.63) is 116 Å². The summed E-state index contributed by atoms with van der Waals surface area (Å²) in [6, 6.07) is 16.5. The molecular formula is C59H74N2O10. The van der Waals surface area contributed by atoms with Crippen molar-refractivity contribution in [2.45, 2.75) is 138 Å². The smallest absolute Gasteiger partial charge is 0.207 e. The topological polar surface area (TPSA) is 132 Å². The van der Waals surface area contributed by atoms with Crippen LogP contribution in [0.1, 0.15) is 138 Å². The monoisotopic (exact) mass is 971 g/mol. The molecule has 380 valence electrons. The van der Waals surface area contributed by atoms with Crippen LogP contribution >= 0.6 is 0 Å². The molecule has 10 bridgehead atoms. The van der Waals surface area contributed by atoms with Crippen LogP contribution in [0.25, 0.3) is 0 Å². The van der Waals surface area contributed by atoms with Crippen LogP contribution in [-0.2, 0) is 41.7 Å². The van der Waals surface area contributed by atoms with Gasteiger partial charge in [-0.2, -0.15) is 0 Å². The first-order chi connectivity index (χ1) is 34.6. The van der Waals surface area contributed by atoms with E-state index in [1.54, 1.807) is 0 Å². The third-order valence-corrected chi connectivity index (χ3v) is 13.8. The summed E-state index contributed by atoms with van der Waals surface area (Å²) in [7, 11) is 0. The van der Waals surface area contributed by atoms with E-state index in [1.807, 2.05) is 79.7 Å². The summed E-state index contributed by atoms with van der Waals surface area (Å²) in [5.41, 5.74) is 8.57. The van der Waals surface area contributed by atoms with E-state index < -0.39 is 0 Å². The molecule has 71 heavy (non-hydrogen) atoms. The van der Waals surface area contributed by atoms with Crippen molar-refractivity contribution in [3.63, 3.8) is 0 Å². The Balaban J connectivity index is 1.40. The van der Waals surface area contributed by atoms with Crippen molar-refractivity contribution in [3.8, 4) is 46.0 Å². The second-order valence-electron chi connectivity index (χ2n) is 18.5. The summed E-state index contributed by atoms with van der Waals surface area (Å²) in [6.45, 7) is 19.3. The summed E-state index contributed by atoms with van der Waals surface area (Å²) in [5, 5.41) is 7.22. The van der Waals surface area contributed by atoms with Crippen LogP contribution in [0.2, 0.25) is 0 Å². The Morgan fingerprint density at radius 1 is 0.338 bits per heavy atom. The van der Waals surface area contributed by atoms with Crippen LogP contribution in [-0.4, -0.2) is 76.5 Å². The summed E-state index contributed by atoms with van der Waals surface area (Å²) in [4.78, 5) is 31.0. The van der Waals surface area contributed by atoms with E-state index in [0.29, 0.717) is 118 Å². The van der Waals surface area contributed by atoms with Gasteiger partial charge in [0.05, 0.1) is 64.2 Å². The Labute approximate surface area is 420 Å². The molecule has 0 aliphatic heterocycles. The first-order valence-corrected chi connectivity index (χ1v) is 26.4. The lowest BCUT2D eigenvalue weighted by Crippen LogP contribution is -2.45. The number of benzene rings is 4. The molecule has 0 amide bonds. The normalized spacial score (nSPS) is 16.1. The molecule has 0 spiro atoms. The van der Waals surface area contributed by atoms with Gasteiger partial charge in [0.15, 0.2) is 0 Å². The molecule has 0 saturated heterocycles. The number of allylic oxidation sites excluding steroid dienone is 2. The van der Waals surface area contributed by atoms with Crippen LogP contribution < -0.4 is 48.5 Å². The number of hydrogen-bond donors (Lipinski definition) is 2. The fourth-order valence-corrected chi connectivity index (χ4v) is 9.96. The van der Waals surface area contributed by atoms with Crippen molar-refractivity contribution < 1.29 is 47.5 Å². The lowest BCUT2D eigenvalue weighted by Gasteiger charge is -2.35. The van der Waals surface area contributed by atoms with Gasteiger partial charge in [-0.1, -0.05) is 0 Å². The average Bonchev–Trinajstić information content (AvgIpc) is 3.31. The lowest BCUT2D eigenvalue weighted by molar-refractivity contribution is -0.117. The molecule has 4 aromatic rings. The third-order valence-electron chi connectivity index (χ3n) is 13.8. The van der Waals surface area contributed by atoms with Gasteiger partial charge in [0.2, 0.25) is 11.6 Å². The Morgan fingerprint density at radius 2 is 0.535 bits per heavy atom. The van der Waals surface area contributed by atoms with Crippen molar-refractivity contribution in [2.75, 3.05) is 52.9 Å². The molecule has 0 aromatic heterocycles. The van der Waals surface area contributed by atoms with Crippen molar-refractivity contribution in [2.24, 2.45) is 0 Å². The zero-order valence-electron chi connectivity index (χ0n) is 43.3. The van der Waals surface area contributed by atoms with E-state index in [-0.39, 0.29) is 36.5 Å². The van der Waals surface area contributed by atoms with Gasteiger partial charge in [0, 0.05) is 99.8 Å². The molecule has 4 aromatic carbocycles. The van der Waals surface area contributed by atoms with E-state index in [1.165, 1.54) is 0 Å². The minimum absolute atomic E-state index is 0.0807. The van der Waals surface area contributed by atoms with Gasteiger partial charge < -0.3 is 48.5 Å². The fourth-order valence-electron chi connectivity index (χ4n) is 9.96. The van der Waals surface area contributed by atoms with Gasteiger partial charge in [-0.05, 0) is 142 Å².